The maximum absolute atomic E-state index is 4.36. The molecule has 0 saturated heterocycles. The Bertz CT molecular complexity index is 487. The fourth-order valence-corrected chi connectivity index (χ4v) is 1.44. The molecule has 0 radical (unpaired) electrons. The quantitative estimate of drug-likeness (QED) is 0.535. The van der Waals surface area contributed by atoms with Gasteiger partial charge in [-0.05, 0) is 22.9 Å². The molecule has 0 aromatic heterocycles. The van der Waals surface area contributed by atoms with Gasteiger partial charge in [-0.3, -0.25) is 0 Å². The van der Waals surface area contributed by atoms with Crippen molar-refractivity contribution in [3.63, 3.8) is 0 Å². The highest BCUT2D eigenvalue weighted by Gasteiger charge is 1.93. The number of nitrogens with zero attached hydrogens (tertiary/aromatic N) is 2. The number of aliphatic imine (C=N–C) groups is 1. The highest BCUT2D eigenvalue weighted by Crippen LogP contribution is 2.20. The summed E-state index contributed by atoms with van der Waals surface area (Å²) >= 11 is 0. The number of benzene rings is 2. The van der Waals surface area contributed by atoms with Crippen molar-refractivity contribution in [1.82, 2.24) is 4.90 Å². The van der Waals surface area contributed by atoms with Crippen molar-refractivity contribution in [3.05, 3.63) is 42.5 Å². The van der Waals surface area contributed by atoms with E-state index < -0.39 is 0 Å². The minimum Gasteiger partial charge on any atom is -0.369 e. The molecule has 0 spiro atoms. The van der Waals surface area contributed by atoms with Crippen LogP contribution in [-0.2, 0) is 0 Å². The molecule has 2 heteroatoms. The van der Waals surface area contributed by atoms with Crippen LogP contribution in [0.15, 0.2) is 47.5 Å². The second-order valence-corrected chi connectivity index (χ2v) is 3.74. The fourth-order valence-electron chi connectivity index (χ4n) is 1.44. The van der Waals surface area contributed by atoms with Gasteiger partial charge in [0.1, 0.15) is 0 Å². The molecule has 0 saturated carbocycles. The molecule has 0 unspecified atom stereocenters. The van der Waals surface area contributed by atoms with Gasteiger partial charge in [0, 0.05) is 14.1 Å². The van der Waals surface area contributed by atoms with E-state index in [4.69, 9.17) is 0 Å². The number of hydrogen-bond acceptors (Lipinski definition) is 1. The monoisotopic (exact) mass is 198 g/mol. The normalized spacial score (nSPS) is 11.1. The summed E-state index contributed by atoms with van der Waals surface area (Å²) in [5.41, 5.74) is 0.988. The summed E-state index contributed by atoms with van der Waals surface area (Å²) < 4.78 is 0. The van der Waals surface area contributed by atoms with Crippen LogP contribution in [-0.4, -0.2) is 25.3 Å². The Morgan fingerprint density at radius 2 is 1.73 bits per heavy atom. The van der Waals surface area contributed by atoms with Gasteiger partial charge in [0.05, 0.1) is 12.0 Å². The summed E-state index contributed by atoms with van der Waals surface area (Å²) in [6.45, 7) is 0. The Kier molecular flexibility index (Phi) is 2.68. The second-order valence-electron chi connectivity index (χ2n) is 3.74. The predicted molar refractivity (Wildman–Crippen MR) is 65.8 cm³/mol. The fraction of sp³-hybridized carbons (Fsp3) is 0.154. The third kappa shape index (κ3) is 2.34. The lowest BCUT2D eigenvalue weighted by molar-refractivity contribution is 0.643. The Morgan fingerprint density at radius 1 is 1.00 bits per heavy atom. The average molecular weight is 198 g/mol. The molecule has 0 fully saturated rings. The van der Waals surface area contributed by atoms with Gasteiger partial charge in [-0.1, -0.05) is 30.3 Å². The van der Waals surface area contributed by atoms with E-state index in [0.717, 1.165) is 5.69 Å². The van der Waals surface area contributed by atoms with Crippen LogP contribution in [0, 0.1) is 0 Å². The van der Waals surface area contributed by atoms with Crippen molar-refractivity contribution in [3.8, 4) is 0 Å². The number of hydrogen-bond donors (Lipinski definition) is 0. The molecule has 0 aliphatic rings. The third-order valence-electron chi connectivity index (χ3n) is 2.17. The van der Waals surface area contributed by atoms with Crippen molar-refractivity contribution in [2.45, 2.75) is 0 Å². The maximum atomic E-state index is 4.36. The van der Waals surface area contributed by atoms with E-state index in [0.29, 0.717) is 0 Å². The standard InChI is InChI=1S/C13H14N2/c1-15(2)10-14-13-8-7-11-5-3-4-6-12(11)9-13/h3-10H,1-2H3. The summed E-state index contributed by atoms with van der Waals surface area (Å²) in [4.78, 5) is 6.28. The van der Waals surface area contributed by atoms with Gasteiger partial charge in [-0.2, -0.15) is 0 Å². The average Bonchev–Trinajstić information content (AvgIpc) is 2.26. The van der Waals surface area contributed by atoms with Gasteiger partial charge in [-0.25, -0.2) is 4.99 Å². The topological polar surface area (TPSA) is 15.6 Å². The molecule has 76 valence electrons. The van der Waals surface area contributed by atoms with Crippen molar-refractivity contribution < 1.29 is 0 Å². The molecule has 0 aliphatic carbocycles. The molecular formula is C13H14N2. The van der Waals surface area contributed by atoms with Crippen LogP contribution in [0.4, 0.5) is 5.69 Å². The van der Waals surface area contributed by atoms with Crippen molar-refractivity contribution >= 4 is 22.8 Å². The van der Waals surface area contributed by atoms with Crippen LogP contribution in [0.1, 0.15) is 0 Å². The van der Waals surface area contributed by atoms with E-state index in [9.17, 15) is 0 Å². The summed E-state index contributed by atoms with van der Waals surface area (Å²) in [6, 6.07) is 14.5. The molecule has 0 bridgehead atoms. The largest absolute Gasteiger partial charge is 0.369 e. The van der Waals surface area contributed by atoms with E-state index in [1.54, 1.807) is 0 Å². The van der Waals surface area contributed by atoms with Gasteiger partial charge in [0.25, 0.3) is 0 Å². The molecule has 2 nitrogen and oxygen atoms in total. The first-order valence-corrected chi connectivity index (χ1v) is 4.95. The van der Waals surface area contributed by atoms with Crippen LogP contribution in [0.25, 0.3) is 10.8 Å². The predicted octanol–water partition coefficient (Wildman–Crippen LogP) is 3.06. The molecule has 2 aromatic rings. The van der Waals surface area contributed by atoms with E-state index in [1.807, 2.05) is 43.5 Å². The lowest BCUT2D eigenvalue weighted by Crippen LogP contribution is -2.06. The Morgan fingerprint density at radius 3 is 2.47 bits per heavy atom. The molecule has 0 aliphatic heterocycles. The summed E-state index contributed by atoms with van der Waals surface area (Å²) in [7, 11) is 3.93. The van der Waals surface area contributed by atoms with Crippen LogP contribution in [0.2, 0.25) is 0 Å². The SMILES string of the molecule is CN(C)C=Nc1ccc2ccccc2c1. The maximum Gasteiger partial charge on any atom is 0.0907 e. The molecule has 0 amide bonds. The van der Waals surface area contributed by atoms with Crippen molar-refractivity contribution in [2.75, 3.05) is 14.1 Å². The van der Waals surface area contributed by atoms with Gasteiger partial charge in [0.15, 0.2) is 0 Å². The zero-order valence-electron chi connectivity index (χ0n) is 9.01. The Hall–Kier alpha value is -1.83. The molecule has 0 N–H and O–H groups in total. The van der Waals surface area contributed by atoms with E-state index in [1.165, 1.54) is 10.8 Å². The zero-order valence-corrected chi connectivity index (χ0v) is 9.01. The highest BCUT2D eigenvalue weighted by molar-refractivity contribution is 5.85. The molecular weight excluding hydrogens is 184 g/mol. The van der Waals surface area contributed by atoms with Gasteiger partial charge in [0.2, 0.25) is 0 Å². The summed E-state index contributed by atoms with van der Waals surface area (Å²) in [6.07, 6.45) is 1.81. The van der Waals surface area contributed by atoms with Gasteiger partial charge < -0.3 is 4.90 Å². The van der Waals surface area contributed by atoms with E-state index >= 15 is 0 Å². The molecule has 0 atom stereocenters. The second kappa shape index (κ2) is 4.13. The first kappa shape index (κ1) is 9.71. The zero-order chi connectivity index (χ0) is 10.7. The first-order valence-electron chi connectivity index (χ1n) is 4.95. The van der Waals surface area contributed by atoms with Crippen LogP contribution >= 0.6 is 0 Å². The van der Waals surface area contributed by atoms with Crippen molar-refractivity contribution in [1.29, 1.82) is 0 Å². The number of fused-ring (bicyclic) bond motifs is 1. The Labute approximate surface area is 89.9 Å². The molecule has 2 aromatic carbocycles. The number of rotatable bonds is 2. The molecule has 15 heavy (non-hydrogen) atoms. The van der Waals surface area contributed by atoms with E-state index in [2.05, 4.69) is 29.3 Å². The smallest absolute Gasteiger partial charge is 0.0907 e. The van der Waals surface area contributed by atoms with Crippen molar-refractivity contribution in [2.24, 2.45) is 4.99 Å². The minimum atomic E-state index is 0.988. The van der Waals surface area contributed by atoms with Crippen LogP contribution < -0.4 is 0 Å². The summed E-state index contributed by atoms with van der Waals surface area (Å²) in [5.74, 6) is 0. The highest BCUT2D eigenvalue weighted by atomic mass is 15.1. The lowest BCUT2D eigenvalue weighted by Gasteiger charge is -2.03. The Balaban J connectivity index is 2.39. The van der Waals surface area contributed by atoms with Crippen LogP contribution in [0.3, 0.4) is 0 Å². The molecule has 0 heterocycles. The summed E-state index contributed by atoms with van der Waals surface area (Å²) in [5, 5.41) is 2.48. The minimum absolute atomic E-state index is 0.988. The first-order chi connectivity index (χ1) is 7.25. The van der Waals surface area contributed by atoms with Gasteiger partial charge >= 0.3 is 0 Å². The van der Waals surface area contributed by atoms with Gasteiger partial charge in [-0.15, -0.1) is 0 Å². The van der Waals surface area contributed by atoms with Crippen LogP contribution in [0.5, 0.6) is 0 Å². The molecule has 2 rings (SSSR count). The van der Waals surface area contributed by atoms with E-state index in [-0.39, 0.29) is 0 Å². The third-order valence-corrected chi connectivity index (χ3v) is 2.17. The lowest BCUT2D eigenvalue weighted by atomic mass is 10.1.